The summed E-state index contributed by atoms with van der Waals surface area (Å²) in [6, 6.07) is 6.45. The second-order valence-electron chi connectivity index (χ2n) is 5.19. The van der Waals surface area contributed by atoms with E-state index in [0.29, 0.717) is 17.9 Å². The number of rotatable bonds is 8. The van der Waals surface area contributed by atoms with Crippen molar-refractivity contribution in [1.82, 2.24) is 5.32 Å². The standard InChI is InChI=1S/C16H23NO5/c1-11(2)22-14-7-5-13(6-8-14)16(19)21-10-15(18)17-12(3)9-20-4/h5-8,11-12H,9-10H2,1-4H3,(H,17,18). The lowest BCUT2D eigenvalue weighted by Gasteiger charge is -2.13. The number of amides is 1. The molecule has 0 saturated heterocycles. The third-order valence-electron chi connectivity index (χ3n) is 2.62. The Morgan fingerprint density at radius 2 is 1.77 bits per heavy atom. The smallest absolute Gasteiger partial charge is 0.338 e. The number of benzene rings is 1. The van der Waals surface area contributed by atoms with Gasteiger partial charge < -0.3 is 19.5 Å². The maximum absolute atomic E-state index is 11.8. The van der Waals surface area contributed by atoms with Crippen molar-refractivity contribution in [3.8, 4) is 5.75 Å². The molecule has 1 N–H and O–H groups in total. The van der Waals surface area contributed by atoms with E-state index in [1.807, 2.05) is 13.8 Å². The molecule has 1 aromatic carbocycles. The number of carbonyl (C=O) groups excluding carboxylic acids is 2. The molecule has 0 radical (unpaired) electrons. The van der Waals surface area contributed by atoms with E-state index in [0.717, 1.165) is 0 Å². The summed E-state index contributed by atoms with van der Waals surface area (Å²) >= 11 is 0. The Hall–Kier alpha value is -2.08. The van der Waals surface area contributed by atoms with Gasteiger partial charge in [-0.1, -0.05) is 0 Å². The quantitative estimate of drug-likeness (QED) is 0.741. The summed E-state index contributed by atoms with van der Waals surface area (Å²) in [7, 11) is 1.55. The molecular weight excluding hydrogens is 286 g/mol. The number of carbonyl (C=O) groups is 2. The first-order valence-electron chi connectivity index (χ1n) is 7.14. The Kier molecular flexibility index (Phi) is 7.39. The predicted octanol–water partition coefficient (Wildman–Crippen LogP) is 1.78. The van der Waals surface area contributed by atoms with Gasteiger partial charge in [-0.3, -0.25) is 4.79 Å². The van der Waals surface area contributed by atoms with E-state index in [2.05, 4.69) is 5.32 Å². The highest BCUT2D eigenvalue weighted by Gasteiger charge is 2.12. The van der Waals surface area contributed by atoms with Crippen LogP contribution in [0.5, 0.6) is 5.75 Å². The number of hydrogen-bond acceptors (Lipinski definition) is 5. The first-order chi connectivity index (χ1) is 10.4. The minimum Gasteiger partial charge on any atom is -0.491 e. The monoisotopic (exact) mass is 309 g/mol. The Bertz CT molecular complexity index is 484. The Labute approximate surface area is 130 Å². The number of esters is 1. The molecule has 122 valence electrons. The summed E-state index contributed by atoms with van der Waals surface area (Å²) in [5, 5.41) is 2.66. The molecule has 0 saturated carbocycles. The van der Waals surface area contributed by atoms with Crippen LogP contribution in [0.2, 0.25) is 0 Å². The van der Waals surface area contributed by atoms with Crippen LogP contribution in [-0.4, -0.2) is 44.3 Å². The molecule has 0 fully saturated rings. The zero-order chi connectivity index (χ0) is 16.5. The molecule has 0 heterocycles. The maximum Gasteiger partial charge on any atom is 0.338 e. The zero-order valence-electron chi connectivity index (χ0n) is 13.4. The van der Waals surface area contributed by atoms with Crippen molar-refractivity contribution in [2.45, 2.75) is 32.9 Å². The van der Waals surface area contributed by atoms with Crippen molar-refractivity contribution in [1.29, 1.82) is 0 Å². The van der Waals surface area contributed by atoms with Gasteiger partial charge in [-0.15, -0.1) is 0 Å². The van der Waals surface area contributed by atoms with Gasteiger partial charge in [-0.25, -0.2) is 4.79 Å². The van der Waals surface area contributed by atoms with Crippen LogP contribution < -0.4 is 10.1 Å². The molecule has 6 nitrogen and oxygen atoms in total. The Morgan fingerprint density at radius 3 is 2.32 bits per heavy atom. The lowest BCUT2D eigenvalue weighted by atomic mass is 10.2. The van der Waals surface area contributed by atoms with Gasteiger partial charge in [-0.05, 0) is 45.0 Å². The second-order valence-corrected chi connectivity index (χ2v) is 5.19. The van der Waals surface area contributed by atoms with Crippen LogP contribution >= 0.6 is 0 Å². The summed E-state index contributed by atoms with van der Waals surface area (Å²) in [5.74, 6) is -0.235. The summed E-state index contributed by atoms with van der Waals surface area (Å²) in [5.41, 5.74) is 0.369. The van der Waals surface area contributed by atoms with Gasteiger partial charge in [0.1, 0.15) is 5.75 Å². The topological polar surface area (TPSA) is 73.9 Å². The average Bonchev–Trinajstić information content (AvgIpc) is 2.45. The average molecular weight is 309 g/mol. The first kappa shape index (κ1) is 18.0. The van der Waals surface area contributed by atoms with Gasteiger partial charge in [0.2, 0.25) is 0 Å². The van der Waals surface area contributed by atoms with E-state index >= 15 is 0 Å². The molecule has 0 aromatic heterocycles. The highest BCUT2D eigenvalue weighted by Crippen LogP contribution is 2.14. The molecule has 0 aliphatic heterocycles. The highest BCUT2D eigenvalue weighted by molar-refractivity contribution is 5.91. The van der Waals surface area contributed by atoms with E-state index in [4.69, 9.17) is 14.2 Å². The van der Waals surface area contributed by atoms with Gasteiger partial charge >= 0.3 is 5.97 Å². The molecule has 0 spiro atoms. The van der Waals surface area contributed by atoms with Gasteiger partial charge in [0.25, 0.3) is 5.91 Å². The SMILES string of the molecule is COCC(C)NC(=O)COC(=O)c1ccc(OC(C)C)cc1. The number of methoxy groups -OCH3 is 1. The predicted molar refractivity (Wildman–Crippen MR) is 82.0 cm³/mol. The van der Waals surface area contributed by atoms with Crippen molar-refractivity contribution in [2.24, 2.45) is 0 Å². The van der Waals surface area contributed by atoms with Crippen LogP contribution in [0.3, 0.4) is 0 Å². The van der Waals surface area contributed by atoms with Crippen LogP contribution in [0.1, 0.15) is 31.1 Å². The number of hydrogen-bond donors (Lipinski definition) is 1. The van der Waals surface area contributed by atoms with Gasteiger partial charge in [0.15, 0.2) is 6.61 Å². The Balaban J connectivity index is 2.43. The zero-order valence-corrected chi connectivity index (χ0v) is 13.4. The fourth-order valence-electron chi connectivity index (χ4n) is 1.76. The largest absolute Gasteiger partial charge is 0.491 e. The van der Waals surface area contributed by atoms with E-state index in [-0.39, 0.29) is 24.7 Å². The fraction of sp³-hybridized carbons (Fsp3) is 0.500. The van der Waals surface area contributed by atoms with Crippen molar-refractivity contribution < 1.29 is 23.8 Å². The molecular formula is C16H23NO5. The molecule has 0 aliphatic rings. The summed E-state index contributed by atoms with van der Waals surface area (Å²) < 4.78 is 15.3. The van der Waals surface area contributed by atoms with E-state index < -0.39 is 5.97 Å². The highest BCUT2D eigenvalue weighted by atomic mass is 16.5. The van der Waals surface area contributed by atoms with E-state index in [9.17, 15) is 9.59 Å². The fourth-order valence-corrected chi connectivity index (χ4v) is 1.76. The van der Waals surface area contributed by atoms with Crippen molar-refractivity contribution in [3.05, 3.63) is 29.8 Å². The minimum absolute atomic E-state index is 0.0654. The molecule has 1 amide bonds. The summed E-state index contributed by atoms with van der Waals surface area (Å²) in [6.07, 6.45) is 0.0654. The van der Waals surface area contributed by atoms with Gasteiger partial charge in [-0.2, -0.15) is 0 Å². The van der Waals surface area contributed by atoms with Crippen molar-refractivity contribution >= 4 is 11.9 Å². The lowest BCUT2D eigenvalue weighted by Crippen LogP contribution is -2.38. The third-order valence-corrected chi connectivity index (χ3v) is 2.62. The van der Waals surface area contributed by atoms with Gasteiger partial charge in [0.05, 0.1) is 18.3 Å². The normalized spacial score (nSPS) is 11.9. The molecule has 1 rings (SSSR count). The number of nitrogens with one attached hydrogen (secondary N) is 1. The van der Waals surface area contributed by atoms with Crippen LogP contribution in [0.15, 0.2) is 24.3 Å². The molecule has 0 bridgehead atoms. The lowest BCUT2D eigenvalue weighted by molar-refractivity contribution is -0.125. The van der Waals surface area contributed by atoms with Crippen LogP contribution in [-0.2, 0) is 14.3 Å². The molecule has 22 heavy (non-hydrogen) atoms. The summed E-state index contributed by atoms with van der Waals surface area (Å²) in [4.78, 5) is 23.4. The molecule has 1 unspecified atom stereocenters. The molecule has 1 aromatic rings. The van der Waals surface area contributed by atoms with Gasteiger partial charge in [0, 0.05) is 13.2 Å². The van der Waals surface area contributed by atoms with Crippen LogP contribution in [0.25, 0.3) is 0 Å². The van der Waals surface area contributed by atoms with Crippen LogP contribution in [0, 0.1) is 0 Å². The first-order valence-corrected chi connectivity index (χ1v) is 7.14. The Morgan fingerprint density at radius 1 is 1.14 bits per heavy atom. The third kappa shape index (κ3) is 6.58. The van der Waals surface area contributed by atoms with Crippen molar-refractivity contribution in [2.75, 3.05) is 20.3 Å². The molecule has 1 atom stereocenters. The van der Waals surface area contributed by atoms with Crippen LogP contribution in [0.4, 0.5) is 0 Å². The van der Waals surface area contributed by atoms with E-state index in [1.54, 1.807) is 38.3 Å². The molecule has 0 aliphatic carbocycles. The second kappa shape index (κ2) is 9.04. The number of ether oxygens (including phenoxy) is 3. The van der Waals surface area contributed by atoms with E-state index in [1.165, 1.54) is 0 Å². The van der Waals surface area contributed by atoms with Crippen molar-refractivity contribution in [3.63, 3.8) is 0 Å². The maximum atomic E-state index is 11.8. The molecule has 6 heteroatoms. The minimum atomic E-state index is -0.550. The summed E-state index contributed by atoms with van der Waals surface area (Å²) in [6.45, 7) is 5.72.